The van der Waals surface area contributed by atoms with Crippen LogP contribution in [0.3, 0.4) is 0 Å². The van der Waals surface area contributed by atoms with Crippen LogP contribution in [0.25, 0.3) is 0 Å². The van der Waals surface area contributed by atoms with E-state index in [2.05, 4.69) is 9.71 Å². The first kappa shape index (κ1) is 21.0. The molecule has 8 nitrogen and oxygen atoms in total. The van der Waals surface area contributed by atoms with Crippen LogP contribution >= 0.6 is 12.4 Å². The average Bonchev–Trinajstić information content (AvgIpc) is 2.93. The van der Waals surface area contributed by atoms with Crippen molar-refractivity contribution in [3.8, 4) is 0 Å². The zero-order valence-electron chi connectivity index (χ0n) is 13.8. The molecule has 1 amide bonds. The Hall–Kier alpha value is -1.06. The zero-order valence-corrected chi connectivity index (χ0v) is 15.4. The molecule has 2 fully saturated rings. The summed E-state index contributed by atoms with van der Waals surface area (Å²) in [5, 5.41) is -0.345. The van der Waals surface area contributed by atoms with Crippen LogP contribution in [0.5, 0.6) is 0 Å². The Bertz CT molecular complexity index is 545. The highest BCUT2D eigenvalue weighted by Gasteiger charge is 2.31. The molecule has 24 heavy (non-hydrogen) atoms. The lowest BCUT2D eigenvalue weighted by Gasteiger charge is -2.25. The summed E-state index contributed by atoms with van der Waals surface area (Å²) in [7, 11) is -3.39. The first-order valence-corrected chi connectivity index (χ1v) is 9.80. The summed E-state index contributed by atoms with van der Waals surface area (Å²) >= 11 is 0. The molecular formula is C14H28ClN5O3S. The van der Waals surface area contributed by atoms with E-state index in [1.165, 1.54) is 0 Å². The van der Waals surface area contributed by atoms with Gasteiger partial charge in [-0.05, 0) is 38.5 Å². The van der Waals surface area contributed by atoms with E-state index in [9.17, 15) is 13.2 Å². The highest BCUT2D eigenvalue weighted by atomic mass is 35.5. The molecule has 1 heterocycles. The van der Waals surface area contributed by atoms with E-state index in [-0.39, 0.29) is 29.5 Å². The van der Waals surface area contributed by atoms with E-state index in [1.807, 2.05) is 0 Å². The van der Waals surface area contributed by atoms with Crippen molar-refractivity contribution in [2.24, 2.45) is 16.5 Å². The molecule has 1 saturated heterocycles. The Labute approximate surface area is 149 Å². The number of nitrogens with one attached hydrogen (secondary N) is 1. The van der Waals surface area contributed by atoms with Crippen molar-refractivity contribution >= 4 is 34.3 Å². The van der Waals surface area contributed by atoms with Gasteiger partial charge in [0.15, 0.2) is 0 Å². The molecule has 0 unspecified atom stereocenters. The van der Waals surface area contributed by atoms with Crippen LogP contribution in [0, 0.1) is 0 Å². The van der Waals surface area contributed by atoms with Crippen molar-refractivity contribution in [1.82, 2.24) is 9.62 Å². The first-order chi connectivity index (χ1) is 10.9. The van der Waals surface area contributed by atoms with Crippen LogP contribution in [0.15, 0.2) is 4.99 Å². The zero-order chi connectivity index (χ0) is 16.9. The molecule has 0 aromatic heterocycles. The number of carbonyl (C=O) groups is 1. The normalized spacial score (nSPS) is 20.2. The van der Waals surface area contributed by atoms with Gasteiger partial charge in [0.05, 0.1) is 11.3 Å². The monoisotopic (exact) mass is 381 g/mol. The molecule has 140 valence electrons. The number of likely N-dealkylation sites (tertiary alicyclic amines) is 1. The third-order valence-corrected chi connectivity index (χ3v) is 6.27. The highest BCUT2D eigenvalue weighted by Crippen LogP contribution is 2.25. The Balaban J connectivity index is 0.00000288. The maximum Gasteiger partial charge on any atom is 0.239 e. The second kappa shape index (κ2) is 9.43. The minimum atomic E-state index is -3.39. The van der Waals surface area contributed by atoms with Gasteiger partial charge in [0.2, 0.25) is 21.9 Å². The van der Waals surface area contributed by atoms with E-state index >= 15 is 0 Å². The third kappa shape index (κ3) is 5.78. The smallest absolute Gasteiger partial charge is 0.239 e. The molecule has 1 aliphatic carbocycles. The number of guanidine groups is 1. The maximum absolute atomic E-state index is 12.0. The number of nitrogens with zero attached hydrogens (tertiary/aromatic N) is 2. The predicted molar refractivity (Wildman–Crippen MR) is 96.5 cm³/mol. The predicted octanol–water partition coefficient (Wildman–Crippen LogP) is -0.0753. The van der Waals surface area contributed by atoms with E-state index in [0.717, 1.165) is 32.4 Å². The van der Waals surface area contributed by atoms with Gasteiger partial charge in [0, 0.05) is 19.6 Å². The van der Waals surface area contributed by atoms with Crippen LogP contribution in [-0.2, 0) is 14.8 Å². The minimum Gasteiger partial charge on any atom is -0.369 e. The van der Waals surface area contributed by atoms with E-state index < -0.39 is 16.1 Å². The van der Waals surface area contributed by atoms with Crippen LogP contribution in [0.2, 0.25) is 0 Å². The molecule has 2 aliphatic rings. The van der Waals surface area contributed by atoms with E-state index in [4.69, 9.17) is 11.5 Å². The van der Waals surface area contributed by atoms with Crippen molar-refractivity contribution in [1.29, 1.82) is 0 Å². The number of amides is 1. The maximum atomic E-state index is 12.0. The van der Waals surface area contributed by atoms with Crippen LogP contribution in [0.1, 0.15) is 44.9 Å². The highest BCUT2D eigenvalue weighted by molar-refractivity contribution is 7.90. The minimum absolute atomic E-state index is 0. The van der Waals surface area contributed by atoms with Crippen molar-refractivity contribution < 1.29 is 13.2 Å². The number of aliphatic imine (C=N–C) groups is 1. The number of halogens is 1. The van der Waals surface area contributed by atoms with Crippen LogP contribution in [-0.4, -0.2) is 56.1 Å². The molecule has 0 aromatic carbocycles. The molecule has 0 bridgehead atoms. The van der Waals surface area contributed by atoms with Crippen LogP contribution < -0.4 is 16.2 Å². The largest absolute Gasteiger partial charge is 0.369 e. The Morgan fingerprint density at radius 2 is 1.88 bits per heavy atom. The second-order valence-corrected chi connectivity index (χ2v) is 8.21. The molecule has 5 N–H and O–H groups in total. The van der Waals surface area contributed by atoms with Gasteiger partial charge in [-0.3, -0.25) is 14.5 Å². The van der Waals surface area contributed by atoms with Crippen molar-refractivity contribution in [2.45, 2.75) is 56.2 Å². The van der Waals surface area contributed by atoms with Gasteiger partial charge < -0.3 is 16.4 Å². The van der Waals surface area contributed by atoms with Gasteiger partial charge in [-0.2, -0.15) is 0 Å². The SMILES string of the molecule is Cl.NC(=NCCC[C@H](N)C(=O)N1CCCC1)NS(=O)(=O)C1CCC1. The summed E-state index contributed by atoms with van der Waals surface area (Å²) in [5.41, 5.74) is 11.5. The van der Waals surface area contributed by atoms with E-state index in [0.29, 0.717) is 32.2 Å². The lowest BCUT2D eigenvalue weighted by molar-refractivity contribution is -0.131. The summed E-state index contributed by atoms with van der Waals surface area (Å²) in [5.74, 6) is -0.0959. The first-order valence-electron chi connectivity index (χ1n) is 8.26. The molecule has 0 spiro atoms. The van der Waals surface area contributed by atoms with Gasteiger partial charge in [-0.25, -0.2) is 8.42 Å². The van der Waals surface area contributed by atoms with Crippen molar-refractivity contribution in [2.75, 3.05) is 19.6 Å². The molecule has 0 aromatic rings. The van der Waals surface area contributed by atoms with Gasteiger partial charge in [0.25, 0.3) is 0 Å². The number of hydrogen-bond donors (Lipinski definition) is 3. The fourth-order valence-electron chi connectivity index (χ4n) is 2.75. The molecule has 2 rings (SSSR count). The molecule has 1 atom stereocenters. The Morgan fingerprint density at radius 3 is 2.42 bits per heavy atom. The van der Waals surface area contributed by atoms with Crippen molar-refractivity contribution in [3.05, 3.63) is 0 Å². The molecule has 1 aliphatic heterocycles. The van der Waals surface area contributed by atoms with E-state index in [1.54, 1.807) is 4.90 Å². The molecule has 1 saturated carbocycles. The quantitative estimate of drug-likeness (QED) is 0.322. The fourth-order valence-corrected chi connectivity index (χ4v) is 4.23. The molecule has 0 radical (unpaired) electrons. The summed E-state index contributed by atoms with van der Waals surface area (Å²) in [6, 6.07) is -0.517. The van der Waals surface area contributed by atoms with Gasteiger partial charge in [-0.15, -0.1) is 12.4 Å². The molecule has 10 heteroatoms. The van der Waals surface area contributed by atoms with Gasteiger partial charge in [-0.1, -0.05) is 6.42 Å². The summed E-state index contributed by atoms with van der Waals surface area (Å²) in [6.07, 6.45) is 5.48. The Morgan fingerprint density at radius 1 is 1.25 bits per heavy atom. The van der Waals surface area contributed by atoms with Gasteiger partial charge >= 0.3 is 0 Å². The summed E-state index contributed by atoms with van der Waals surface area (Å²) in [6.45, 7) is 1.93. The number of nitrogens with two attached hydrogens (primary N) is 2. The number of hydrogen-bond acceptors (Lipinski definition) is 5. The second-order valence-electron chi connectivity index (χ2n) is 6.25. The average molecular weight is 382 g/mol. The van der Waals surface area contributed by atoms with Gasteiger partial charge in [0.1, 0.15) is 0 Å². The standard InChI is InChI=1S/C14H27N5O3S.ClH/c15-12(13(20)19-9-1-2-10-19)7-4-8-17-14(16)18-23(21,22)11-5-3-6-11;/h11-12H,1-10,15H2,(H3,16,17,18);1H/t12-;/m0./s1. The summed E-state index contributed by atoms with van der Waals surface area (Å²) in [4.78, 5) is 17.8. The third-order valence-electron chi connectivity index (χ3n) is 4.43. The van der Waals surface area contributed by atoms with Crippen LogP contribution in [0.4, 0.5) is 0 Å². The summed E-state index contributed by atoms with van der Waals surface area (Å²) < 4.78 is 26.0. The number of carbonyl (C=O) groups excluding carboxylic acids is 1. The Kier molecular flexibility index (Phi) is 8.24. The number of sulfonamides is 1. The lowest BCUT2D eigenvalue weighted by atomic mass is 10.0. The van der Waals surface area contributed by atoms with Crippen molar-refractivity contribution in [3.63, 3.8) is 0 Å². The fraction of sp³-hybridized carbons (Fsp3) is 0.857. The molecular weight excluding hydrogens is 354 g/mol. The lowest BCUT2D eigenvalue weighted by Crippen LogP contribution is -2.44. The topological polar surface area (TPSA) is 131 Å². The number of rotatable bonds is 7.